The zero-order valence-electron chi connectivity index (χ0n) is 10.6. The van der Waals surface area contributed by atoms with E-state index in [-0.39, 0.29) is 5.97 Å². The van der Waals surface area contributed by atoms with E-state index in [9.17, 15) is 4.79 Å². The lowest BCUT2D eigenvalue weighted by Crippen LogP contribution is -2.24. The SMILES string of the molecule is CSc1ncc(C(=O)OC(C)(C)C)c(SC)n1. The average Bonchev–Trinajstić information content (AvgIpc) is 2.25. The standard InChI is InChI=1S/C11H16N2O2S2/c1-11(2,3)15-9(14)7-6-12-10(17-5)13-8(7)16-4/h6H,1-5H3. The maximum Gasteiger partial charge on any atom is 0.343 e. The van der Waals surface area contributed by atoms with Crippen molar-refractivity contribution in [2.45, 2.75) is 36.6 Å². The fraction of sp³-hybridized carbons (Fsp3) is 0.545. The number of thioether (sulfide) groups is 2. The molecule has 0 radical (unpaired) electrons. The Labute approximate surface area is 110 Å². The highest BCUT2D eigenvalue weighted by atomic mass is 32.2. The number of ether oxygens (including phenoxy) is 1. The number of rotatable bonds is 3. The van der Waals surface area contributed by atoms with Gasteiger partial charge in [-0.25, -0.2) is 14.8 Å². The molecular formula is C11H16N2O2S2. The van der Waals surface area contributed by atoms with Crippen LogP contribution in [0.5, 0.6) is 0 Å². The molecule has 1 aromatic rings. The second-order valence-corrected chi connectivity index (χ2v) is 5.85. The summed E-state index contributed by atoms with van der Waals surface area (Å²) in [5.74, 6) is -0.380. The Kier molecular flexibility index (Phi) is 4.82. The number of carbonyl (C=O) groups is 1. The predicted octanol–water partition coefficient (Wildman–Crippen LogP) is 2.88. The summed E-state index contributed by atoms with van der Waals surface area (Å²) < 4.78 is 5.30. The molecule has 0 unspecified atom stereocenters. The van der Waals surface area contributed by atoms with Gasteiger partial charge < -0.3 is 4.74 Å². The van der Waals surface area contributed by atoms with E-state index in [4.69, 9.17) is 4.74 Å². The van der Waals surface area contributed by atoms with Crippen LogP contribution in [0, 0.1) is 0 Å². The van der Waals surface area contributed by atoms with Crippen LogP contribution in [-0.4, -0.2) is 34.0 Å². The van der Waals surface area contributed by atoms with Crippen LogP contribution < -0.4 is 0 Å². The number of nitrogens with zero attached hydrogens (tertiary/aromatic N) is 2. The lowest BCUT2D eigenvalue weighted by molar-refractivity contribution is 0.00638. The average molecular weight is 272 g/mol. The highest BCUT2D eigenvalue weighted by Crippen LogP contribution is 2.22. The van der Waals surface area contributed by atoms with Crippen molar-refractivity contribution in [3.05, 3.63) is 11.8 Å². The van der Waals surface area contributed by atoms with Crippen molar-refractivity contribution in [3.8, 4) is 0 Å². The van der Waals surface area contributed by atoms with Gasteiger partial charge in [0, 0.05) is 6.20 Å². The smallest absolute Gasteiger partial charge is 0.343 e. The van der Waals surface area contributed by atoms with E-state index in [1.54, 1.807) is 0 Å². The van der Waals surface area contributed by atoms with Crippen molar-refractivity contribution in [1.82, 2.24) is 9.97 Å². The minimum Gasteiger partial charge on any atom is -0.456 e. The lowest BCUT2D eigenvalue weighted by atomic mass is 10.2. The van der Waals surface area contributed by atoms with Gasteiger partial charge in [0.2, 0.25) is 0 Å². The first-order chi connectivity index (χ1) is 7.87. The minimum atomic E-state index is -0.509. The van der Waals surface area contributed by atoms with Crippen molar-refractivity contribution >= 4 is 29.5 Å². The summed E-state index contributed by atoms with van der Waals surface area (Å²) in [7, 11) is 0. The predicted molar refractivity (Wildman–Crippen MR) is 70.8 cm³/mol. The molecule has 0 aliphatic rings. The van der Waals surface area contributed by atoms with Gasteiger partial charge in [-0.3, -0.25) is 0 Å². The molecule has 0 fully saturated rings. The Balaban J connectivity index is 3.01. The van der Waals surface area contributed by atoms with Crippen molar-refractivity contribution < 1.29 is 9.53 Å². The maximum atomic E-state index is 11.9. The second-order valence-electron chi connectivity index (χ2n) is 4.28. The van der Waals surface area contributed by atoms with Crippen LogP contribution in [0.3, 0.4) is 0 Å². The quantitative estimate of drug-likeness (QED) is 0.365. The molecule has 0 N–H and O–H groups in total. The highest BCUT2D eigenvalue weighted by molar-refractivity contribution is 7.99. The first-order valence-electron chi connectivity index (χ1n) is 5.05. The summed E-state index contributed by atoms with van der Waals surface area (Å²) in [6.45, 7) is 5.50. The van der Waals surface area contributed by atoms with Crippen LogP contribution in [-0.2, 0) is 4.74 Å². The molecule has 1 rings (SSSR count). The molecule has 1 aromatic heterocycles. The Morgan fingerprint density at radius 3 is 2.41 bits per heavy atom. The van der Waals surface area contributed by atoms with E-state index in [1.165, 1.54) is 29.7 Å². The van der Waals surface area contributed by atoms with Gasteiger partial charge in [-0.2, -0.15) is 0 Å². The maximum absolute atomic E-state index is 11.9. The third-order valence-electron chi connectivity index (χ3n) is 1.73. The minimum absolute atomic E-state index is 0.380. The molecule has 0 saturated carbocycles. The first-order valence-corrected chi connectivity index (χ1v) is 7.50. The molecule has 0 aliphatic heterocycles. The van der Waals surface area contributed by atoms with Gasteiger partial charge in [0.15, 0.2) is 5.16 Å². The van der Waals surface area contributed by atoms with Crippen molar-refractivity contribution in [2.24, 2.45) is 0 Å². The molecule has 0 bridgehead atoms. The molecule has 0 spiro atoms. The van der Waals surface area contributed by atoms with Gasteiger partial charge in [0.25, 0.3) is 0 Å². The Morgan fingerprint density at radius 2 is 1.94 bits per heavy atom. The van der Waals surface area contributed by atoms with E-state index < -0.39 is 5.60 Å². The fourth-order valence-corrected chi connectivity index (χ4v) is 2.01. The number of hydrogen-bond acceptors (Lipinski definition) is 6. The molecule has 0 aromatic carbocycles. The third-order valence-corrected chi connectivity index (χ3v) is 2.99. The highest BCUT2D eigenvalue weighted by Gasteiger charge is 2.21. The van der Waals surface area contributed by atoms with Crippen LogP contribution in [0.4, 0.5) is 0 Å². The van der Waals surface area contributed by atoms with Crippen molar-refractivity contribution in [3.63, 3.8) is 0 Å². The Bertz CT molecular complexity index is 416. The topological polar surface area (TPSA) is 52.1 Å². The fourth-order valence-electron chi connectivity index (χ4n) is 1.08. The van der Waals surface area contributed by atoms with E-state index in [2.05, 4.69) is 9.97 Å². The second kappa shape index (κ2) is 5.73. The van der Waals surface area contributed by atoms with Crippen LogP contribution in [0.1, 0.15) is 31.1 Å². The summed E-state index contributed by atoms with van der Waals surface area (Å²) in [6.07, 6.45) is 5.30. The van der Waals surface area contributed by atoms with Crippen LogP contribution in [0.15, 0.2) is 16.4 Å². The molecule has 0 saturated heterocycles. The zero-order valence-corrected chi connectivity index (χ0v) is 12.2. The van der Waals surface area contributed by atoms with E-state index in [1.807, 2.05) is 33.3 Å². The number of hydrogen-bond donors (Lipinski definition) is 0. The lowest BCUT2D eigenvalue weighted by Gasteiger charge is -2.19. The first kappa shape index (κ1) is 14.3. The monoisotopic (exact) mass is 272 g/mol. The van der Waals surface area contributed by atoms with E-state index in [0.29, 0.717) is 15.7 Å². The van der Waals surface area contributed by atoms with Gasteiger partial charge in [-0.1, -0.05) is 11.8 Å². The molecule has 17 heavy (non-hydrogen) atoms. The zero-order chi connectivity index (χ0) is 13.1. The molecule has 94 valence electrons. The van der Waals surface area contributed by atoms with E-state index >= 15 is 0 Å². The molecular weight excluding hydrogens is 256 g/mol. The molecule has 1 heterocycles. The van der Waals surface area contributed by atoms with Crippen LogP contribution in [0.2, 0.25) is 0 Å². The Hall–Kier alpha value is -0.750. The number of aromatic nitrogens is 2. The Morgan fingerprint density at radius 1 is 1.29 bits per heavy atom. The summed E-state index contributed by atoms with van der Waals surface area (Å²) in [5.41, 5.74) is -0.0875. The van der Waals surface area contributed by atoms with Gasteiger partial charge in [-0.05, 0) is 33.3 Å². The van der Waals surface area contributed by atoms with Gasteiger partial charge >= 0.3 is 5.97 Å². The van der Waals surface area contributed by atoms with Crippen LogP contribution >= 0.6 is 23.5 Å². The molecule has 0 amide bonds. The van der Waals surface area contributed by atoms with E-state index in [0.717, 1.165) is 0 Å². The number of carbonyl (C=O) groups excluding carboxylic acids is 1. The van der Waals surface area contributed by atoms with Gasteiger partial charge in [0.1, 0.15) is 16.2 Å². The van der Waals surface area contributed by atoms with Gasteiger partial charge in [-0.15, -0.1) is 11.8 Å². The summed E-state index contributed by atoms with van der Waals surface area (Å²) in [6, 6.07) is 0. The molecule has 6 heteroatoms. The van der Waals surface area contributed by atoms with Crippen molar-refractivity contribution in [1.29, 1.82) is 0 Å². The normalized spacial score (nSPS) is 11.4. The number of esters is 1. The molecule has 0 aliphatic carbocycles. The van der Waals surface area contributed by atoms with Crippen LogP contribution in [0.25, 0.3) is 0 Å². The van der Waals surface area contributed by atoms with Crippen molar-refractivity contribution in [2.75, 3.05) is 12.5 Å². The largest absolute Gasteiger partial charge is 0.456 e. The molecule has 0 atom stereocenters. The molecule has 4 nitrogen and oxygen atoms in total. The summed E-state index contributed by atoms with van der Waals surface area (Å²) >= 11 is 2.86. The summed E-state index contributed by atoms with van der Waals surface area (Å²) in [4.78, 5) is 20.3. The van der Waals surface area contributed by atoms with Gasteiger partial charge in [0.05, 0.1) is 0 Å². The summed E-state index contributed by atoms with van der Waals surface area (Å²) in [5, 5.41) is 1.31. The third kappa shape index (κ3) is 4.20.